The molecule has 2 amide bonds. The fourth-order valence-corrected chi connectivity index (χ4v) is 4.40. The Labute approximate surface area is 185 Å². The molecule has 3 aromatic rings. The number of nitrogens with zero attached hydrogens (tertiary/aromatic N) is 5. The Balaban J connectivity index is 1.46. The zero-order chi connectivity index (χ0) is 22.4. The van der Waals surface area contributed by atoms with E-state index in [1.54, 1.807) is 24.0 Å². The highest BCUT2D eigenvalue weighted by atomic mass is 19.1. The summed E-state index contributed by atoms with van der Waals surface area (Å²) in [6.07, 6.45) is 0.862. The van der Waals surface area contributed by atoms with Crippen molar-refractivity contribution in [1.82, 2.24) is 9.97 Å². The number of halogens is 1. The molecule has 0 aliphatic carbocycles. The molecule has 8 heteroatoms. The first kappa shape index (κ1) is 20.4. The minimum absolute atomic E-state index is 0.0943. The van der Waals surface area contributed by atoms with Gasteiger partial charge in [-0.3, -0.25) is 14.5 Å². The second kappa shape index (κ2) is 7.85. The molecular weight excluding hydrogens is 409 g/mol. The maximum absolute atomic E-state index is 14.0. The Morgan fingerprint density at radius 2 is 1.78 bits per heavy atom. The normalized spacial score (nSPS) is 18.8. The number of fused-ring (bicyclic) bond motifs is 2. The van der Waals surface area contributed by atoms with Crippen LogP contribution in [-0.2, 0) is 9.59 Å². The highest BCUT2D eigenvalue weighted by Crippen LogP contribution is 2.33. The highest BCUT2D eigenvalue weighted by Gasteiger charge is 2.39. The van der Waals surface area contributed by atoms with Crippen LogP contribution in [0.4, 0.5) is 21.7 Å². The molecule has 2 aliphatic rings. The molecule has 0 radical (unpaired) electrons. The summed E-state index contributed by atoms with van der Waals surface area (Å²) in [6.45, 7) is 3.16. The van der Waals surface area contributed by atoms with Crippen molar-refractivity contribution in [3.05, 3.63) is 53.8 Å². The number of carbonyl (C=O) groups excluding carboxylic acids is 2. The monoisotopic (exact) mass is 433 g/mol. The lowest BCUT2D eigenvalue weighted by molar-refractivity contribution is -0.124. The van der Waals surface area contributed by atoms with Crippen molar-refractivity contribution in [1.29, 1.82) is 0 Å². The number of benzene rings is 2. The maximum Gasteiger partial charge on any atom is 0.233 e. The molecule has 3 heterocycles. The predicted octanol–water partition coefficient (Wildman–Crippen LogP) is 3.30. The van der Waals surface area contributed by atoms with Crippen molar-refractivity contribution in [2.75, 3.05) is 41.4 Å². The largest absolute Gasteiger partial charge is 0.357 e. The van der Waals surface area contributed by atoms with Crippen LogP contribution in [0.2, 0.25) is 0 Å². The number of hydrogen-bond acceptors (Lipinski definition) is 5. The first-order valence-electron chi connectivity index (χ1n) is 10.8. The van der Waals surface area contributed by atoms with Crippen LogP contribution >= 0.6 is 0 Å². The van der Waals surface area contributed by atoms with Gasteiger partial charge in [-0.25, -0.2) is 14.4 Å². The Hall–Kier alpha value is -3.55. The van der Waals surface area contributed by atoms with E-state index in [0.717, 1.165) is 24.0 Å². The van der Waals surface area contributed by atoms with Gasteiger partial charge in [0.05, 0.1) is 17.0 Å². The van der Waals surface area contributed by atoms with E-state index < -0.39 is 5.92 Å². The first-order valence-corrected chi connectivity index (χ1v) is 10.8. The third kappa shape index (κ3) is 3.45. The second-order valence-corrected chi connectivity index (χ2v) is 8.46. The quantitative estimate of drug-likeness (QED) is 0.620. The van der Waals surface area contributed by atoms with E-state index in [4.69, 9.17) is 9.97 Å². The van der Waals surface area contributed by atoms with Gasteiger partial charge in [-0.1, -0.05) is 18.2 Å². The zero-order valence-corrected chi connectivity index (χ0v) is 18.1. The van der Waals surface area contributed by atoms with E-state index in [1.807, 2.05) is 36.2 Å². The Bertz CT molecular complexity index is 1230. The van der Waals surface area contributed by atoms with Crippen LogP contribution in [0.3, 0.4) is 0 Å². The van der Waals surface area contributed by atoms with Crippen molar-refractivity contribution < 1.29 is 14.0 Å². The average Bonchev–Trinajstić information content (AvgIpc) is 3.11. The lowest BCUT2D eigenvalue weighted by atomic mass is 10.1. The van der Waals surface area contributed by atoms with Gasteiger partial charge in [0.2, 0.25) is 11.8 Å². The molecule has 164 valence electrons. The number of anilines is 3. The van der Waals surface area contributed by atoms with Crippen molar-refractivity contribution in [2.24, 2.45) is 5.92 Å². The molecule has 2 aromatic carbocycles. The summed E-state index contributed by atoms with van der Waals surface area (Å²) in [7, 11) is 1.95. The van der Waals surface area contributed by atoms with Crippen molar-refractivity contribution in [3.8, 4) is 0 Å². The van der Waals surface area contributed by atoms with Crippen LogP contribution in [-0.4, -0.2) is 48.5 Å². The molecule has 0 spiro atoms. The Morgan fingerprint density at radius 1 is 1.06 bits per heavy atom. The standard InChI is InChI=1S/C24H24FN5O2/c1-15-8-9-17(13-18(15)25)30-14-16(12-21(30)31)24(32)29-11-5-10-28(2)22-23(29)27-20-7-4-3-6-19(20)26-22/h3-4,6-9,13,16H,5,10-12,14H2,1-2H3. The number of para-hydroxylation sites is 2. The minimum Gasteiger partial charge on any atom is -0.357 e. The van der Waals surface area contributed by atoms with Gasteiger partial charge in [0.1, 0.15) is 5.82 Å². The number of hydrogen-bond donors (Lipinski definition) is 0. The van der Waals surface area contributed by atoms with E-state index in [1.165, 1.54) is 11.0 Å². The zero-order valence-electron chi connectivity index (χ0n) is 18.1. The van der Waals surface area contributed by atoms with Crippen molar-refractivity contribution in [2.45, 2.75) is 19.8 Å². The number of aryl methyl sites for hydroxylation is 1. The van der Waals surface area contributed by atoms with Crippen LogP contribution in [0.1, 0.15) is 18.4 Å². The van der Waals surface area contributed by atoms with E-state index in [2.05, 4.69) is 0 Å². The van der Waals surface area contributed by atoms with Gasteiger partial charge < -0.3 is 9.80 Å². The fourth-order valence-electron chi connectivity index (χ4n) is 4.40. The van der Waals surface area contributed by atoms with E-state index in [9.17, 15) is 14.0 Å². The van der Waals surface area contributed by atoms with Gasteiger partial charge in [-0.15, -0.1) is 0 Å². The van der Waals surface area contributed by atoms with Crippen molar-refractivity contribution >= 4 is 40.2 Å². The molecule has 0 bridgehead atoms. The third-order valence-electron chi connectivity index (χ3n) is 6.23. The van der Waals surface area contributed by atoms with Crippen LogP contribution in [0, 0.1) is 18.7 Å². The molecule has 2 aliphatic heterocycles. The average molecular weight is 433 g/mol. The molecule has 7 nitrogen and oxygen atoms in total. The third-order valence-corrected chi connectivity index (χ3v) is 6.23. The number of rotatable bonds is 2. The lowest BCUT2D eigenvalue weighted by Gasteiger charge is -2.25. The topological polar surface area (TPSA) is 69.6 Å². The number of carbonyl (C=O) groups is 2. The van der Waals surface area contributed by atoms with Crippen molar-refractivity contribution in [3.63, 3.8) is 0 Å². The summed E-state index contributed by atoms with van der Waals surface area (Å²) in [5.41, 5.74) is 2.49. The summed E-state index contributed by atoms with van der Waals surface area (Å²) in [5.74, 6) is -0.0108. The van der Waals surface area contributed by atoms with E-state index in [0.29, 0.717) is 29.4 Å². The molecular formula is C24H24FN5O2. The van der Waals surface area contributed by atoms with Crippen LogP contribution in [0.25, 0.3) is 11.0 Å². The van der Waals surface area contributed by atoms with Gasteiger partial charge in [-0.2, -0.15) is 0 Å². The highest BCUT2D eigenvalue weighted by molar-refractivity contribution is 6.05. The molecule has 32 heavy (non-hydrogen) atoms. The van der Waals surface area contributed by atoms with Gasteiger partial charge in [0.25, 0.3) is 0 Å². The summed E-state index contributed by atoms with van der Waals surface area (Å²) in [6, 6.07) is 12.3. The molecule has 0 N–H and O–H groups in total. The molecule has 0 saturated carbocycles. The van der Waals surface area contributed by atoms with E-state index >= 15 is 0 Å². The molecule has 1 atom stereocenters. The van der Waals surface area contributed by atoms with Gasteiger partial charge in [0.15, 0.2) is 11.6 Å². The summed E-state index contributed by atoms with van der Waals surface area (Å²) < 4.78 is 14.0. The predicted molar refractivity (Wildman–Crippen MR) is 121 cm³/mol. The molecule has 1 saturated heterocycles. The number of amides is 2. The second-order valence-electron chi connectivity index (χ2n) is 8.46. The molecule has 5 rings (SSSR count). The lowest BCUT2D eigenvalue weighted by Crippen LogP contribution is -2.38. The van der Waals surface area contributed by atoms with E-state index in [-0.39, 0.29) is 30.6 Å². The van der Waals surface area contributed by atoms with Crippen LogP contribution in [0.5, 0.6) is 0 Å². The van der Waals surface area contributed by atoms with Gasteiger partial charge >= 0.3 is 0 Å². The Kier molecular flexibility index (Phi) is 5.00. The first-order chi connectivity index (χ1) is 15.4. The summed E-state index contributed by atoms with van der Waals surface area (Å²) >= 11 is 0. The SMILES string of the molecule is Cc1ccc(N2CC(C(=O)N3CCCN(C)c4nc5ccccc5nc43)CC2=O)cc1F. The molecule has 1 unspecified atom stereocenters. The Morgan fingerprint density at radius 3 is 2.50 bits per heavy atom. The smallest absolute Gasteiger partial charge is 0.233 e. The van der Waals surface area contributed by atoms with Gasteiger partial charge in [-0.05, 0) is 43.2 Å². The number of aromatic nitrogens is 2. The van der Waals surface area contributed by atoms with Gasteiger partial charge in [0, 0.05) is 38.8 Å². The minimum atomic E-state index is -0.517. The summed E-state index contributed by atoms with van der Waals surface area (Å²) in [4.78, 5) is 41.0. The summed E-state index contributed by atoms with van der Waals surface area (Å²) in [5, 5.41) is 0. The van der Waals surface area contributed by atoms with Crippen LogP contribution in [0.15, 0.2) is 42.5 Å². The van der Waals surface area contributed by atoms with Crippen LogP contribution < -0.4 is 14.7 Å². The molecule has 1 fully saturated rings. The fraction of sp³-hybridized carbons (Fsp3) is 0.333. The molecule has 1 aromatic heterocycles. The maximum atomic E-state index is 14.0.